The minimum atomic E-state index is -1.34. The molecule has 0 bridgehead atoms. The number of benzene rings is 1. The normalized spacial score (nSPS) is 18.2. The lowest BCUT2D eigenvalue weighted by Gasteiger charge is -2.18. The van der Waals surface area contributed by atoms with Crippen molar-refractivity contribution in [3.8, 4) is 10.6 Å². The number of carbonyl (C=O) groups excluding carboxylic acids is 8. The Balaban J connectivity index is 1.38. The molecule has 1 unspecified atom stereocenters. The maximum Gasteiger partial charge on any atom is 0.329 e. The highest BCUT2D eigenvalue weighted by atomic mass is 32.1. The standard InChI is InChI=1S/C30H31N7O12S/c38-22-14-47-27(43)10-34-24(40)16-49-30(45)21(36-25(41)17-48-28(44)11-33-23(39)15-46-26(42)9-32-22)7-18-1-3-19(4-2-18)12-37-13-20(8-35-37)29-31-5-6-50-29/h1-6,8,13,21H,7,9-12,14-17H2,(H,32,38)(H,33,39)(H,34,40)(H,36,41). The molecule has 0 radical (unpaired) electrons. The van der Waals surface area contributed by atoms with Gasteiger partial charge < -0.3 is 40.2 Å². The number of amides is 4. The molecule has 50 heavy (non-hydrogen) atoms. The Morgan fingerprint density at radius 3 is 1.76 bits per heavy atom. The van der Waals surface area contributed by atoms with Crippen LogP contribution >= 0.6 is 11.3 Å². The molecule has 20 heteroatoms. The van der Waals surface area contributed by atoms with Crippen molar-refractivity contribution in [2.24, 2.45) is 0 Å². The van der Waals surface area contributed by atoms with E-state index in [2.05, 4.69) is 40.8 Å². The molecule has 1 aliphatic rings. The van der Waals surface area contributed by atoms with Crippen molar-refractivity contribution in [1.29, 1.82) is 0 Å². The fourth-order valence-corrected chi connectivity index (χ4v) is 4.67. The van der Waals surface area contributed by atoms with E-state index in [1.807, 2.05) is 11.6 Å². The van der Waals surface area contributed by atoms with E-state index in [9.17, 15) is 38.4 Å². The number of nitrogens with zero attached hydrogens (tertiary/aromatic N) is 3. The lowest BCUT2D eigenvalue weighted by molar-refractivity contribution is -0.154. The third-order valence-corrected chi connectivity index (χ3v) is 7.29. The maximum atomic E-state index is 13.0. The van der Waals surface area contributed by atoms with Crippen molar-refractivity contribution < 1.29 is 57.3 Å². The van der Waals surface area contributed by atoms with E-state index < -0.39 is 99.6 Å². The Morgan fingerprint density at radius 2 is 1.22 bits per heavy atom. The molecule has 264 valence electrons. The van der Waals surface area contributed by atoms with Crippen LogP contribution in [0.15, 0.2) is 48.2 Å². The number of rotatable bonds is 5. The Bertz CT molecular complexity index is 1710. The van der Waals surface area contributed by atoms with Crippen LogP contribution in [-0.4, -0.2) is 114 Å². The van der Waals surface area contributed by atoms with E-state index in [0.717, 1.165) is 16.1 Å². The second-order valence-electron chi connectivity index (χ2n) is 10.3. The van der Waals surface area contributed by atoms with Gasteiger partial charge in [0.15, 0.2) is 26.4 Å². The maximum absolute atomic E-state index is 13.0. The Kier molecular flexibility index (Phi) is 13.5. The SMILES string of the molecule is O=C1COC(=O)CNC(=O)COC(=O)C(Cc2ccc(Cn3cc(-c4nccs4)cn3)cc2)NC(=O)COC(=O)CNC(=O)COC(=O)CN1. The molecule has 1 saturated heterocycles. The van der Waals surface area contributed by atoms with E-state index in [1.165, 1.54) is 11.3 Å². The summed E-state index contributed by atoms with van der Waals surface area (Å²) in [5.74, 6) is -7.58. The monoisotopic (exact) mass is 713 g/mol. The van der Waals surface area contributed by atoms with Crippen LogP contribution < -0.4 is 21.3 Å². The summed E-state index contributed by atoms with van der Waals surface area (Å²) in [6.45, 7) is -4.81. The van der Waals surface area contributed by atoms with E-state index in [1.54, 1.807) is 41.3 Å². The molecule has 0 saturated carbocycles. The third-order valence-electron chi connectivity index (χ3n) is 6.47. The summed E-state index contributed by atoms with van der Waals surface area (Å²) in [6.07, 6.45) is 5.20. The molecule has 1 aliphatic heterocycles. The van der Waals surface area contributed by atoms with Crippen LogP contribution in [0.25, 0.3) is 10.6 Å². The molecule has 4 amide bonds. The fraction of sp³-hybridized carbons (Fsp3) is 0.333. The van der Waals surface area contributed by atoms with Crippen LogP contribution in [0.4, 0.5) is 0 Å². The van der Waals surface area contributed by atoms with Gasteiger partial charge in [-0.25, -0.2) is 9.78 Å². The van der Waals surface area contributed by atoms with E-state index in [0.29, 0.717) is 12.1 Å². The average Bonchev–Trinajstić information content (AvgIpc) is 3.81. The number of aromatic nitrogens is 3. The summed E-state index contributed by atoms with van der Waals surface area (Å²) < 4.78 is 21.0. The number of esters is 4. The first kappa shape index (κ1) is 36.7. The van der Waals surface area contributed by atoms with Gasteiger partial charge in [-0.05, 0) is 11.1 Å². The number of hydrogen-bond acceptors (Lipinski definition) is 15. The Labute approximate surface area is 287 Å². The van der Waals surface area contributed by atoms with Crippen LogP contribution in [0.2, 0.25) is 0 Å². The Morgan fingerprint density at radius 1 is 0.700 bits per heavy atom. The number of carbonyl (C=O) groups is 8. The predicted octanol–water partition coefficient (Wildman–Crippen LogP) is -2.38. The van der Waals surface area contributed by atoms with E-state index >= 15 is 0 Å². The molecule has 3 heterocycles. The number of hydrogen-bond donors (Lipinski definition) is 4. The Hall–Kier alpha value is -6.18. The minimum Gasteiger partial charge on any atom is -0.454 e. The van der Waals surface area contributed by atoms with Crippen molar-refractivity contribution in [2.75, 3.05) is 46.1 Å². The van der Waals surface area contributed by atoms with Gasteiger partial charge in [0.1, 0.15) is 30.7 Å². The molecular weight excluding hydrogens is 682 g/mol. The molecule has 1 atom stereocenters. The topological polar surface area (TPSA) is 252 Å². The highest BCUT2D eigenvalue weighted by Gasteiger charge is 2.25. The quantitative estimate of drug-likeness (QED) is 0.159. The predicted molar refractivity (Wildman–Crippen MR) is 167 cm³/mol. The first-order chi connectivity index (χ1) is 24.0. The zero-order valence-corrected chi connectivity index (χ0v) is 27.0. The van der Waals surface area contributed by atoms with Crippen molar-refractivity contribution in [1.82, 2.24) is 36.0 Å². The second-order valence-corrected chi connectivity index (χ2v) is 11.2. The smallest absolute Gasteiger partial charge is 0.329 e. The van der Waals surface area contributed by atoms with Crippen molar-refractivity contribution in [2.45, 2.75) is 19.0 Å². The van der Waals surface area contributed by atoms with Crippen LogP contribution in [0.5, 0.6) is 0 Å². The van der Waals surface area contributed by atoms with Gasteiger partial charge in [-0.1, -0.05) is 24.3 Å². The lowest BCUT2D eigenvalue weighted by atomic mass is 10.0. The fourth-order valence-electron chi connectivity index (χ4n) is 4.05. The number of thiazole rings is 1. The number of cyclic esters (lactones) is 4. The second kappa shape index (κ2) is 18.4. The van der Waals surface area contributed by atoms with E-state index in [4.69, 9.17) is 9.47 Å². The van der Waals surface area contributed by atoms with Gasteiger partial charge in [0.05, 0.1) is 12.7 Å². The van der Waals surface area contributed by atoms with Gasteiger partial charge in [0.25, 0.3) is 23.6 Å². The summed E-state index contributed by atoms with van der Waals surface area (Å²) in [6, 6.07) is 5.73. The molecule has 1 fully saturated rings. The van der Waals surface area contributed by atoms with Crippen molar-refractivity contribution >= 4 is 58.8 Å². The van der Waals surface area contributed by atoms with Crippen LogP contribution in [0, 0.1) is 0 Å². The molecule has 0 aliphatic carbocycles. The summed E-state index contributed by atoms with van der Waals surface area (Å²) in [5.41, 5.74) is 2.37. The highest BCUT2D eigenvalue weighted by molar-refractivity contribution is 7.13. The minimum absolute atomic E-state index is 0.0838. The molecule has 4 rings (SSSR count). The van der Waals surface area contributed by atoms with Gasteiger partial charge >= 0.3 is 23.9 Å². The third kappa shape index (κ3) is 12.4. The average molecular weight is 714 g/mol. The van der Waals surface area contributed by atoms with Gasteiger partial charge in [0, 0.05) is 29.8 Å². The summed E-state index contributed by atoms with van der Waals surface area (Å²) in [5, 5.41) is 15.8. The first-order valence-electron chi connectivity index (χ1n) is 14.8. The van der Waals surface area contributed by atoms with E-state index in [-0.39, 0.29) is 6.42 Å². The van der Waals surface area contributed by atoms with Crippen molar-refractivity contribution in [3.63, 3.8) is 0 Å². The number of nitrogens with one attached hydrogen (secondary N) is 4. The van der Waals surface area contributed by atoms with Crippen LogP contribution in [0.1, 0.15) is 11.1 Å². The van der Waals surface area contributed by atoms with Crippen molar-refractivity contribution in [3.05, 3.63) is 59.4 Å². The van der Waals surface area contributed by atoms with Crippen LogP contribution in [-0.2, 0) is 70.3 Å². The molecule has 1 aromatic carbocycles. The summed E-state index contributed by atoms with van der Waals surface area (Å²) in [7, 11) is 0. The van der Waals surface area contributed by atoms with Gasteiger partial charge in [-0.3, -0.25) is 38.2 Å². The molecule has 2 aromatic heterocycles. The van der Waals surface area contributed by atoms with Gasteiger partial charge in [-0.15, -0.1) is 11.3 Å². The summed E-state index contributed by atoms with van der Waals surface area (Å²) in [4.78, 5) is 101. The van der Waals surface area contributed by atoms with Gasteiger partial charge in [-0.2, -0.15) is 5.10 Å². The summed E-state index contributed by atoms with van der Waals surface area (Å²) >= 11 is 1.49. The molecule has 3 aromatic rings. The number of ether oxygens (including phenoxy) is 4. The lowest BCUT2D eigenvalue weighted by Crippen LogP contribution is -2.46. The zero-order chi connectivity index (χ0) is 35.9. The molecule has 19 nitrogen and oxygen atoms in total. The molecule has 0 spiro atoms. The highest BCUT2D eigenvalue weighted by Crippen LogP contribution is 2.21. The first-order valence-corrected chi connectivity index (χ1v) is 15.6. The zero-order valence-electron chi connectivity index (χ0n) is 26.2. The largest absolute Gasteiger partial charge is 0.454 e. The molecular formula is C30H31N7O12S. The molecule has 4 N–H and O–H groups in total. The van der Waals surface area contributed by atoms with Gasteiger partial charge in [0.2, 0.25) is 0 Å². The van der Waals surface area contributed by atoms with Crippen LogP contribution in [0.3, 0.4) is 0 Å².